The van der Waals surface area contributed by atoms with Gasteiger partial charge < -0.3 is 14.8 Å². The van der Waals surface area contributed by atoms with E-state index in [4.69, 9.17) is 4.74 Å². The van der Waals surface area contributed by atoms with Gasteiger partial charge in [0.05, 0.1) is 4.47 Å². The van der Waals surface area contributed by atoms with Crippen LogP contribution in [0.4, 0.5) is 13.2 Å². The van der Waals surface area contributed by atoms with Crippen molar-refractivity contribution in [2.24, 2.45) is 0 Å². The molecular formula is C13H15BrF3NO3. The third-order valence-corrected chi connectivity index (χ3v) is 2.97. The minimum Gasteiger partial charge on any atom is -0.484 e. The van der Waals surface area contributed by atoms with Gasteiger partial charge in [0.2, 0.25) is 0 Å². The zero-order valence-corrected chi connectivity index (χ0v) is 12.9. The van der Waals surface area contributed by atoms with E-state index in [1.807, 2.05) is 6.92 Å². The Morgan fingerprint density at radius 3 is 2.67 bits per heavy atom. The Labute approximate surface area is 128 Å². The fourth-order valence-electron chi connectivity index (χ4n) is 1.38. The van der Waals surface area contributed by atoms with Crippen molar-refractivity contribution in [3.8, 4) is 11.5 Å². The summed E-state index contributed by atoms with van der Waals surface area (Å²) in [5.74, 6) is -0.389. The maximum atomic E-state index is 12.1. The molecule has 1 N–H and O–H groups in total. The molecule has 1 rings (SSSR count). The van der Waals surface area contributed by atoms with Gasteiger partial charge in [0.25, 0.3) is 5.91 Å². The summed E-state index contributed by atoms with van der Waals surface area (Å²) in [5.41, 5.74) is 0. The fraction of sp³-hybridized carbons (Fsp3) is 0.462. The molecule has 1 aromatic rings. The van der Waals surface area contributed by atoms with Gasteiger partial charge in [0.1, 0.15) is 11.5 Å². The van der Waals surface area contributed by atoms with Crippen LogP contribution in [0, 0.1) is 0 Å². The van der Waals surface area contributed by atoms with Crippen LogP contribution in [0.15, 0.2) is 22.7 Å². The minimum atomic E-state index is -4.76. The van der Waals surface area contributed by atoms with Crippen molar-refractivity contribution in [3.05, 3.63) is 22.7 Å². The van der Waals surface area contributed by atoms with Crippen molar-refractivity contribution >= 4 is 21.8 Å². The summed E-state index contributed by atoms with van der Waals surface area (Å²) >= 11 is 2.95. The number of amides is 1. The Morgan fingerprint density at radius 2 is 2.10 bits per heavy atom. The lowest BCUT2D eigenvalue weighted by atomic mass is 10.3. The lowest BCUT2D eigenvalue weighted by Gasteiger charge is -2.12. The number of carbonyl (C=O) groups is 1. The zero-order chi connectivity index (χ0) is 15.9. The molecule has 0 bridgehead atoms. The first kappa shape index (κ1) is 17.6. The molecule has 1 aromatic carbocycles. The zero-order valence-electron chi connectivity index (χ0n) is 11.3. The third kappa shape index (κ3) is 7.22. The van der Waals surface area contributed by atoms with E-state index in [0.29, 0.717) is 6.54 Å². The predicted molar refractivity (Wildman–Crippen MR) is 74.2 cm³/mol. The van der Waals surface area contributed by atoms with Gasteiger partial charge in [0, 0.05) is 6.54 Å². The molecule has 0 saturated heterocycles. The highest BCUT2D eigenvalue weighted by molar-refractivity contribution is 9.10. The third-order valence-electron chi connectivity index (χ3n) is 2.35. The molecule has 0 saturated carbocycles. The van der Waals surface area contributed by atoms with Crippen molar-refractivity contribution in [1.82, 2.24) is 5.32 Å². The van der Waals surface area contributed by atoms with Gasteiger partial charge in [-0.2, -0.15) is 0 Å². The molecule has 0 aromatic heterocycles. The first-order valence-corrected chi connectivity index (χ1v) is 7.06. The van der Waals surface area contributed by atoms with Crippen LogP contribution in [-0.4, -0.2) is 25.4 Å². The van der Waals surface area contributed by atoms with Gasteiger partial charge in [-0.3, -0.25) is 4.79 Å². The standard InChI is InChI=1S/C13H15BrF3NO3/c1-2-3-6-18-12(19)8-20-9-4-5-11(10(14)7-9)21-13(15,16)17/h4-5,7H,2-3,6,8H2,1H3,(H,18,19). The van der Waals surface area contributed by atoms with E-state index in [2.05, 4.69) is 26.0 Å². The van der Waals surface area contributed by atoms with Crippen LogP contribution in [0.25, 0.3) is 0 Å². The van der Waals surface area contributed by atoms with E-state index in [0.717, 1.165) is 18.9 Å². The molecule has 0 heterocycles. The lowest BCUT2D eigenvalue weighted by molar-refractivity contribution is -0.274. The number of rotatable bonds is 7. The van der Waals surface area contributed by atoms with Crippen LogP contribution < -0.4 is 14.8 Å². The minimum absolute atomic E-state index is 0.0868. The molecule has 0 atom stereocenters. The fourth-order valence-corrected chi connectivity index (χ4v) is 1.82. The monoisotopic (exact) mass is 369 g/mol. The molecular weight excluding hydrogens is 355 g/mol. The van der Waals surface area contributed by atoms with Gasteiger partial charge in [0.15, 0.2) is 6.61 Å². The van der Waals surface area contributed by atoms with Crippen LogP contribution in [0.5, 0.6) is 11.5 Å². The average molecular weight is 370 g/mol. The van der Waals surface area contributed by atoms with E-state index >= 15 is 0 Å². The predicted octanol–water partition coefficient (Wildman–Crippen LogP) is 3.64. The SMILES string of the molecule is CCCCNC(=O)COc1ccc(OC(F)(F)F)c(Br)c1. The van der Waals surface area contributed by atoms with E-state index in [1.165, 1.54) is 12.1 Å². The van der Waals surface area contributed by atoms with Gasteiger partial charge in [-0.1, -0.05) is 13.3 Å². The van der Waals surface area contributed by atoms with Gasteiger partial charge in [-0.15, -0.1) is 13.2 Å². The Balaban J connectivity index is 2.50. The highest BCUT2D eigenvalue weighted by Crippen LogP contribution is 2.33. The average Bonchev–Trinajstić information content (AvgIpc) is 2.38. The number of hydrogen-bond acceptors (Lipinski definition) is 3. The molecule has 0 aliphatic rings. The van der Waals surface area contributed by atoms with E-state index in [9.17, 15) is 18.0 Å². The molecule has 21 heavy (non-hydrogen) atoms. The molecule has 4 nitrogen and oxygen atoms in total. The molecule has 0 unspecified atom stereocenters. The molecule has 118 valence electrons. The number of unbranched alkanes of at least 4 members (excludes halogenated alkanes) is 1. The first-order valence-electron chi connectivity index (χ1n) is 6.26. The number of carbonyl (C=O) groups excluding carboxylic acids is 1. The van der Waals surface area contributed by atoms with Crippen LogP contribution in [-0.2, 0) is 4.79 Å². The van der Waals surface area contributed by atoms with Crippen molar-refractivity contribution in [2.75, 3.05) is 13.2 Å². The summed E-state index contributed by atoms with van der Waals surface area (Å²) in [6.07, 6.45) is -2.92. The summed E-state index contributed by atoms with van der Waals surface area (Å²) in [5, 5.41) is 2.66. The highest BCUT2D eigenvalue weighted by atomic mass is 79.9. The van der Waals surface area contributed by atoms with Crippen LogP contribution >= 0.6 is 15.9 Å². The largest absolute Gasteiger partial charge is 0.573 e. The van der Waals surface area contributed by atoms with Crippen LogP contribution in [0.1, 0.15) is 19.8 Å². The first-order chi connectivity index (χ1) is 9.81. The van der Waals surface area contributed by atoms with Crippen LogP contribution in [0.2, 0.25) is 0 Å². The summed E-state index contributed by atoms with van der Waals surface area (Å²) in [7, 11) is 0. The van der Waals surface area contributed by atoms with E-state index in [1.54, 1.807) is 0 Å². The summed E-state index contributed by atoms with van der Waals surface area (Å²) in [4.78, 5) is 11.4. The molecule has 0 spiro atoms. The van der Waals surface area contributed by atoms with Gasteiger partial charge in [-0.25, -0.2) is 0 Å². The smallest absolute Gasteiger partial charge is 0.484 e. The summed E-state index contributed by atoms with van der Waals surface area (Å²) in [6.45, 7) is 2.38. The Morgan fingerprint density at radius 1 is 1.38 bits per heavy atom. The topological polar surface area (TPSA) is 47.6 Å². The van der Waals surface area contributed by atoms with E-state index < -0.39 is 6.36 Å². The second kappa shape index (κ2) is 8.11. The van der Waals surface area contributed by atoms with Crippen LogP contribution in [0.3, 0.4) is 0 Å². The quantitative estimate of drug-likeness (QED) is 0.746. The normalized spacial score (nSPS) is 11.1. The molecule has 8 heteroatoms. The lowest BCUT2D eigenvalue weighted by Crippen LogP contribution is -2.29. The van der Waals surface area contributed by atoms with E-state index in [-0.39, 0.29) is 28.5 Å². The maximum absolute atomic E-state index is 12.1. The molecule has 0 fully saturated rings. The second-order valence-electron chi connectivity index (χ2n) is 4.13. The Hall–Kier alpha value is -1.44. The van der Waals surface area contributed by atoms with Crippen molar-refractivity contribution < 1.29 is 27.4 Å². The molecule has 0 aliphatic heterocycles. The van der Waals surface area contributed by atoms with Crippen molar-refractivity contribution in [2.45, 2.75) is 26.1 Å². The summed E-state index contributed by atoms with van der Waals surface area (Å²) < 4.78 is 45.4. The number of alkyl halides is 3. The van der Waals surface area contributed by atoms with Crippen molar-refractivity contribution in [1.29, 1.82) is 0 Å². The number of halogens is 4. The molecule has 0 aliphatic carbocycles. The molecule has 1 amide bonds. The maximum Gasteiger partial charge on any atom is 0.573 e. The van der Waals surface area contributed by atoms with Gasteiger partial charge >= 0.3 is 6.36 Å². The summed E-state index contributed by atoms with van der Waals surface area (Å²) in [6, 6.07) is 3.72. The Bertz CT molecular complexity index is 480. The number of benzene rings is 1. The number of nitrogens with one attached hydrogen (secondary N) is 1. The molecule has 0 radical (unpaired) electrons. The second-order valence-corrected chi connectivity index (χ2v) is 4.99. The highest BCUT2D eigenvalue weighted by Gasteiger charge is 2.32. The Kier molecular flexibility index (Phi) is 6.80. The number of ether oxygens (including phenoxy) is 2. The van der Waals surface area contributed by atoms with Crippen molar-refractivity contribution in [3.63, 3.8) is 0 Å². The van der Waals surface area contributed by atoms with Gasteiger partial charge in [-0.05, 0) is 40.5 Å². The number of hydrogen-bond donors (Lipinski definition) is 1.